The van der Waals surface area contributed by atoms with Gasteiger partial charge in [-0.1, -0.05) is 6.07 Å². The predicted octanol–water partition coefficient (Wildman–Crippen LogP) is 2.63. The first kappa shape index (κ1) is 17.5. The number of nitro groups is 1. The number of benzene rings is 1. The van der Waals surface area contributed by atoms with E-state index in [0.29, 0.717) is 0 Å². The topological polar surface area (TPSA) is 98.5 Å². The highest BCUT2D eigenvalue weighted by Crippen LogP contribution is 2.25. The van der Waals surface area contributed by atoms with Crippen LogP contribution in [-0.2, 0) is 14.8 Å². The van der Waals surface area contributed by atoms with Crippen molar-refractivity contribution in [1.82, 2.24) is 4.72 Å². The average Bonchev–Trinajstić information content (AvgIpc) is 2.94. The van der Waals surface area contributed by atoms with Gasteiger partial charge >= 0.3 is 0 Å². The lowest BCUT2D eigenvalue weighted by Gasteiger charge is -2.14. The molecule has 0 bridgehead atoms. The minimum Gasteiger partial charge on any atom is -0.375 e. The summed E-state index contributed by atoms with van der Waals surface area (Å²) < 4.78 is 32.3. The lowest BCUT2D eigenvalue weighted by atomic mass is 10.3. The number of nitrogens with zero attached hydrogens (tertiary/aromatic N) is 1. The third kappa shape index (κ3) is 4.35. The number of sulfonamides is 1. The minimum atomic E-state index is -3.85. The van der Waals surface area contributed by atoms with Crippen molar-refractivity contribution < 1.29 is 18.1 Å². The molecule has 1 aromatic heterocycles. The van der Waals surface area contributed by atoms with Crippen LogP contribution in [0.25, 0.3) is 0 Å². The van der Waals surface area contributed by atoms with E-state index < -0.39 is 21.1 Å². The molecule has 2 rings (SSSR count). The molecule has 0 saturated heterocycles. The van der Waals surface area contributed by atoms with E-state index in [1.807, 2.05) is 19.1 Å². The number of thiophene rings is 1. The van der Waals surface area contributed by atoms with Crippen molar-refractivity contribution in [3.63, 3.8) is 0 Å². The van der Waals surface area contributed by atoms with Gasteiger partial charge < -0.3 is 4.74 Å². The van der Waals surface area contributed by atoms with Crippen LogP contribution in [0.1, 0.15) is 15.9 Å². The molecule has 1 unspecified atom stereocenters. The minimum absolute atomic E-state index is 0.0431. The Morgan fingerprint density at radius 3 is 2.65 bits per heavy atom. The van der Waals surface area contributed by atoms with Crippen LogP contribution in [0.2, 0.25) is 0 Å². The van der Waals surface area contributed by atoms with Crippen LogP contribution in [0.5, 0.6) is 0 Å². The molecule has 23 heavy (non-hydrogen) atoms. The molecule has 9 heteroatoms. The molecule has 0 aliphatic rings. The van der Waals surface area contributed by atoms with Crippen LogP contribution in [-0.4, -0.2) is 27.0 Å². The first-order valence-corrected chi connectivity index (χ1v) is 8.96. The lowest BCUT2D eigenvalue weighted by molar-refractivity contribution is -0.385. The number of non-ortho nitro benzene ring substituents is 1. The summed E-state index contributed by atoms with van der Waals surface area (Å²) in [5.74, 6) is 0. The molecule has 0 saturated carbocycles. The summed E-state index contributed by atoms with van der Waals surface area (Å²) in [5, 5.41) is 10.8. The number of rotatable bonds is 7. The molecule has 7 nitrogen and oxygen atoms in total. The average molecular weight is 356 g/mol. The Kier molecular flexibility index (Phi) is 5.47. The van der Waals surface area contributed by atoms with Crippen LogP contribution in [0.15, 0.2) is 41.3 Å². The van der Waals surface area contributed by atoms with Crippen LogP contribution in [0.3, 0.4) is 0 Å². The number of methoxy groups -OCH3 is 1. The largest absolute Gasteiger partial charge is 0.375 e. The van der Waals surface area contributed by atoms with E-state index in [0.717, 1.165) is 15.8 Å². The summed E-state index contributed by atoms with van der Waals surface area (Å²) in [6.45, 7) is 2.00. The molecule has 1 atom stereocenters. The molecule has 0 spiro atoms. The van der Waals surface area contributed by atoms with Crippen molar-refractivity contribution in [3.8, 4) is 0 Å². The Hall–Kier alpha value is -1.81. The summed E-state index contributed by atoms with van der Waals surface area (Å²) in [6.07, 6.45) is -0.415. The molecule has 0 amide bonds. The van der Waals surface area contributed by atoms with Gasteiger partial charge in [-0.05, 0) is 25.1 Å². The maximum absolute atomic E-state index is 12.3. The van der Waals surface area contributed by atoms with E-state index in [1.54, 1.807) is 0 Å². The Morgan fingerprint density at radius 1 is 1.35 bits per heavy atom. The van der Waals surface area contributed by atoms with Gasteiger partial charge in [-0.25, -0.2) is 13.1 Å². The summed E-state index contributed by atoms with van der Waals surface area (Å²) in [4.78, 5) is 12.0. The molecule has 1 N–H and O–H groups in total. The molecular weight excluding hydrogens is 340 g/mol. The monoisotopic (exact) mass is 356 g/mol. The van der Waals surface area contributed by atoms with Crippen LogP contribution in [0, 0.1) is 17.0 Å². The fraction of sp³-hybridized carbons (Fsp3) is 0.286. The van der Waals surface area contributed by atoms with Gasteiger partial charge in [0.15, 0.2) is 0 Å². The fourth-order valence-corrected chi connectivity index (χ4v) is 3.99. The highest BCUT2D eigenvalue weighted by molar-refractivity contribution is 7.89. The SMILES string of the molecule is COC(CNS(=O)(=O)c1cccc([N+](=O)[O-])c1)c1ccc(C)s1. The maximum atomic E-state index is 12.3. The Morgan fingerprint density at radius 2 is 2.09 bits per heavy atom. The molecule has 2 aromatic rings. The van der Waals surface area contributed by atoms with E-state index in [1.165, 1.54) is 36.6 Å². The first-order chi connectivity index (χ1) is 10.8. The quantitative estimate of drug-likeness (QED) is 0.607. The van der Waals surface area contributed by atoms with Gasteiger partial charge in [0.2, 0.25) is 10.0 Å². The van der Waals surface area contributed by atoms with Crippen molar-refractivity contribution >= 4 is 27.0 Å². The van der Waals surface area contributed by atoms with Crippen molar-refractivity contribution in [2.75, 3.05) is 13.7 Å². The van der Waals surface area contributed by atoms with Crippen molar-refractivity contribution in [1.29, 1.82) is 0 Å². The molecule has 0 aliphatic heterocycles. The summed E-state index contributed by atoms with van der Waals surface area (Å²) in [5.41, 5.74) is -0.273. The number of ether oxygens (including phenoxy) is 1. The van der Waals surface area contributed by atoms with Gasteiger partial charge in [0, 0.05) is 35.5 Å². The van der Waals surface area contributed by atoms with E-state index in [4.69, 9.17) is 4.74 Å². The summed E-state index contributed by atoms with van der Waals surface area (Å²) in [6, 6.07) is 8.73. The van der Waals surface area contributed by atoms with Crippen LogP contribution in [0.4, 0.5) is 5.69 Å². The number of hydrogen-bond donors (Lipinski definition) is 1. The van der Waals surface area contributed by atoms with Gasteiger partial charge in [-0.3, -0.25) is 10.1 Å². The number of aryl methyl sites for hydroxylation is 1. The normalized spacial score (nSPS) is 13.0. The third-order valence-electron chi connectivity index (χ3n) is 3.16. The van der Waals surface area contributed by atoms with E-state index in [2.05, 4.69) is 4.72 Å². The smallest absolute Gasteiger partial charge is 0.270 e. The molecule has 0 aliphatic carbocycles. The highest BCUT2D eigenvalue weighted by Gasteiger charge is 2.20. The first-order valence-electron chi connectivity index (χ1n) is 6.67. The Balaban J connectivity index is 2.14. The van der Waals surface area contributed by atoms with Gasteiger partial charge in [0.1, 0.15) is 6.10 Å². The van der Waals surface area contributed by atoms with Gasteiger partial charge in [-0.15, -0.1) is 11.3 Å². The van der Waals surface area contributed by atoms with Gasteiger partial charge in [0.05, 0.1) is 9.82 Å². The third-order valence-corrected chi connectivity index (χ3v) is 5.67. The number of nitrogens with one attached hydrogen (secondary N) is 1. The number of hydrogen-bond acceptors (Lipinski definition) is 6. The zero-order valence-corrected chi connectivity index (χ0v) is 14.2. The molecule has 1 heterocycles. The van der Waals surface area contributed by atoms with Crippen LogP contribution >= 0.6 is 11.3 Å². The molecule has 0 radical (unpaired) electrons. The Bertz CT molecular complexity index is 801. The van der Waals surface area contributed by atoms with E-state index in [9.17, 15) is 18.5 Å². The zero-order valence-electron chi connectivity index (χ0n) is 12.6. The fourth-order valence-electron chi connectivity index (χ4n) is 1.96. The van der Waals surface area contributed by atoms with Gasteiger partial charge in [0.25, 0.3) is 5.69 Å². The highest BCUT2D eigenvalue weighted by atomic mass is 32.2. The van der Waals surface area contributed by atoms with Crippen molar-refractivity contribution in [3.05, 3.63) is 56.3 Å². The van der Waals surface area contributed by atoms with E-state index in [-0.39, 0.29) is 17.1 Å². The molecule has 124 valence electrons. The second-order valence-corrected chi connectivity index (χ2v) is 7.87. The Labute approximate surface area is 138 Å². The second-order valence-electron chi connectivity index (χ2n) is 4.78. The molecular formula is C14H16N2O5S2. The van der Waals surface area contributed by atoms with Crippen molar-refractivity contribution in [2.45, 2.75) is 17.9 Å². The standard InChI is InChI=1S/C14H16N2O5S2/c1-10-6-7-14(22-10)13(21-2)9-15-23(19,20)12-5-3-4-11(8-12)16(17)18/h3-8,13,15H,9H2,1-2H3. The summed E-state index contributed by atoms with van der Waals surface area (Å²) >= 11 is 1.52. The van der Waals surface area contributed by atoms with E-state index >= 15 is 0 Å². The zero-order chi connectivity index (χ0) is 17.0. The van der Waals surface area contributed by atoms with Gasteiger partial charge in [-0.2, -0.15) is 0 Å². The second kappa shape index (κ2) is 7.18. The molecule has 1 aromatic carbocycles. The van der Waals surface area contributed by atoms with Crippen molar-refractivity contribution in [2.24, 2.45) is 0 Å². The molecule has 0 fully saturated rings. The number of nitro benzene ring substituents is 1. The van der Waals surface area contributed by atoms with Crippen LogP contribution < -0.4 is 4.72 Å². The summed E-state index contributed by atoms with van der Waals surface area (Å²) in [7, 11) is -2.35. The lowest BCUT2D eigenvalue weighted by Crippen LogP contribution is -2.29. The maximum Gasteiger partial charge on any atom is 0.270 e. The predicted molar refractivity (Wildman–Crippen MR) is 87.1 cm³/mol.